The molecule has 0 aliphatic rings. The Hall–Kier alpha value is -2.38. The molecule has 0 radical (unpaired) electrons. The molecule has 2 N–H and O–H groups in total. The van der Waals surface area contributed by atoms with E-state index in [0.717, 1.165) is 12.8 Å². The summed E-state index contributed by atoms with van der Waals surface area (Å²) in [4.78, 5) is 0. The van der Waals surface area contributed by atoms with E-state index in [1.807, 2.05) is 0 Å². The van der Waals surface area contributed by atoms with Gasteiger partial charge in [-0.2, -0.15) is 0 Å². The summed E-state index contributed by atoms with van der Waals surface area (Å²) in [5, 5.41) is 0. The third kappa shape index (κ3) is 3.63. The first kappa shape index (κ1) is 14.6. The smallest absolute Gasteiger partial charge is 0.0178 e. The van der Waals surface area contributed by atoms with Crippen LogP contribution in [0.15, 0.2) is 78.9 Å². The molecule has 3 aromatic rings. The van der Waals surface area contributed by atoms with E-state index in [-0.39, 0.29) is 0 Å². The number of hydrogen-bond donors (Lipinski definition) is 1. The van der Waals surface area contributed by atoms with Gasteiger partial charge in [0.05, 0.1) is 0 Å². The zero-order valence-corrected chi connectivity index (χ0v) is 12.7. The highest BCUT2D eigenvalue weighted by Gasteiger charge is 2.06. The van der Waals surface area contributed by atoms with Crippen LogP contribution in [0.1, 0.15) is 27.8 Å². The molecule has 0 aliphatic heterocycles. The Morgan fingerprint density at radius 3 is 1.64 bits per heavy atom. The monoisotopic (exact) mass is 287 g/mol. The van der Waals surface area contributed by atoms with Gasteiger partial charge in [0, 0.05) is 6.54 Å². The summed E-state index contributed by atoms with van der Waals surface area (Å²) in [6.45, 7) is 0.591. The Labute approximate surface area is 132 Å². The van der Waals surface area contributed by atoms with Gasteiger partial charge in [0.2, 0.25) is 0 Å². The summed E-state index contributed by atoms with van der Waals surface area (Å²) in [7, 11) is 0. The zero-order chi connectivity index (χ0) is 15.2. The van der Waals surface area contributed by atoms with Crippen LogP contribution >= 0.6 is 0 Å². The van der Waals surface area contributed by atoms with Crippen LogP contribution in [0.25, 0.3) is 0 Å². The van der Waals surface area contributed by atoms with E-state index in [9.17, 15) is 0 Å². The van der Waals surface area contributed by atoms with E-state index < -0.39 is 0 Å². The lowest BCUT2D eigenvalue weighted by molar-refractivity contribution is 1.03. The molecule has 1 nitrogen and oxygen atoms in total. The van der Waals surface area contributed by atoms with Gasteiger partial charge in [-0.3, -0.25) is 0 Å². The maximum Gasteiger partial charge on any atom is 0.0178 e. The third-order valence-corrected chi connectivity index (χ3v) is 3.98. The molecule has 0 saturated heterocycles. The van der Waals surface area contributed by atoms with Gasteiger partial charge >= 0.3 is 0 Å². The second-order valence-corrected chi connectivity index (χ2v) is 5.63. The minimum absolute atomic E-state index is 0.591. The molecule has 0 aliphatic carbocycles. The first-order chi connectivity index (χ1) is 10.8. The lowest BCUT2D eigenvalue weighted by atomic mass is 9.93. The Balaban J connectivity index is 1.91. The van der Waals surface area contributed by atoms with E-state index in [1.165, 1.54) is 27.8 Å². The average molecular weight is 287 g/mol. The number of benzene rings is 3. The molecule has 1 heteroatoms. The van der Waals surface area contributed by atoms with Crippen molar-refractivity contribution in [1.29, 1.82) is 0 Å². The average Bonchev–Trinajstić information content (AvgIpc) is 2.58. The summed E-state index contributed by atoms with van der Waals surface area (Å²) in [5.41, 5.74) is 12.5. The van der Waals surface area contributed by atoms with Gasteiger partial charge in [-0.15, -0.1) is 0 Å². The van der Waals surface area contributed by atoms with Crippen molar-refractivity contribution >= 4 is 0 Å². The second kappa shape index (κ2) is 7.06. The summed E-state index contributed by atoms with van der Waals surface area (Å²) in [5.74, 6) is 0. The van der Waals surface area contributed by atoms with Gasteiger partial charge in [0.15, 0.2) is 0 Å². The fourth-order valence-corrected chi connectivity index (χ4v) is 2.77. The van der Waals surface area contributed by atoms with Crippen molar-refractivity contribution in [3.05, 3.63) is 107 Å². The highest BCUT2D eigenvalue weighted by molar-refractivity contribution is 5.39. The van der Waals surface area contributed by atoms with Crippen LogP contribution in [0, 0.1) is 0 Å². The number of hydrogen-bond acceptors (Lipinski definition) is 1. The van der Waals surface area contributed by atoms with Crippen LogP contribution < -0.4 is 5.73 Å². The third-order valence-electron chi connectivity index (χ3n) is 3.98. The predicted molar refractivity (Wildman–Crippen MR) is 92.8 cm³/mol. The largest absolute Gasteiger partial charge is 0.326 e. The van der Waals surface area contributed by atoms with Crippen molar-refractivity contribution in [3.8, 4) is 0 Å². The Morgan fingerprint density at radius 1 is 0.545 bits per heavy atom. The van der Waals surface area contributed by atoms with E-state index in [2.05, 4.69) is 78.9 Å². The minimum atomic E-state index is 0.591. The molecule has 0 aromatic heterocycles. The quantitative estimate of drug-likeness (QED) is 0.742. The molecule has 22 heavy (non-hydrogen) atoms. The molecule has 3 aromatic carbocycles. The zero-order valence-electron chi connectivity index (χ0n) is 12.7. The van der Waals surface area contributed by atoms with Crippen molar-refractivity contribution in [2.45, 2.75) is 19.4 Å². The maximum absolute atomic E-state index is 5.81. The number of nitrogens with two attached hydrogens (primary N) is 1. The molecular formula is C21H21N. The van der Waals surface area contributed by atoms with Gasteiger partial charge in [-0.1, -0.05) is 78.9 Å². The molecular weight excluding hydrogens is 266 g/mol. The van der Waals surface area contributed by atoms with Gasteiger partial charge in [0.1, 0.15) is 0 Å². The van der Waals surface area contributed by atoms with E-state index >= 15 is 0 Å². The fourth-order valence-electron chi connectivity index (χ4n) is 2.77. The molecule has 0 spiro atoms. The van der Waals surface area contributed by atoms with Gasteiger partial charge in [0.25, 0.3) is 0 Å². The van der Waals surface area contributed by atoms with E-state index in [1.54, 1.807) is 0 Å². The number of rotatable bonds is 5. The Kier molecular flexibility index (Phi) is 4.67. The fraction of sp³-hybridized carbons (Fsp3) is 0.143. The van der Waals surface area contributed by atoms with Crippen LogP contribution in [-0.2, 0) is 19.4 Å². The lowest BCUT2D eigenvalue weighted by Gasteiger charge is -2.12. The Morgan fingerprint density at radius 2 is 1.09 bits per heavy atom. The van der Waals surface area contributed by atoms with Crippen LogP contribution in [-0.4, -0.2) is 0 Å². The summed E-state index contributed by atoms with van der Waals surface area (Å²) in [6, 6.07) is 27.9. The summed E-state index contributed by atoms with van der Waals surface area (Å²) >= 11 is 0. The Bertz CT molecular complexity index is 717. The standard InChI is InChI=1S/C21H21N/c22-16-19-11-12-20(13-17-7-3-1-4-8-17)21(15-19)14-18-9-5-2-6-10-18/h1-12,15H,13-14,16,22H2. The normalized spacial score (nSPS) is 10.6. The first-order valence-corrected chi connectivity index (χ1v) is 7.74. The van der Waals surface area contributed by atoms with Crippen molar-refractivity contribution in [1.82, 2.24) is 0 Å². The van der Waals surface area contributed by atoms with Crippen molar-refractivity contribution in [3.63, 3.8) is 0 Å². The highest BCUT2D eigenvalue weighted by atomic mass is 14.5. The molecule has 0 bridgehead atoms. The molecule has 0 fully saturated rings. The summed E-state index contributed by atoms with van der Waals surface area (Å²) < 4.78 is 0. The molecule has 0 atom stereocenters. The van der Waals surface area contributed by atoms with Gasteiger partial charge in [-0.25, -0.2) is 0 Å². The first-order valence-electron chi connectivity index (χ1n) is 7.74. The molecule has 3 rings (SSSR count). The van der Waals surface area contributed by atoms with Crippen LogP contribution in [0.2, 0.25) is 0 Å². The lowest BCUT2D eigenvalue weighted by Crippen LogP contribution is -2.02. The van der Waals surface area contributed by atoms with Gasteiger partial charge in [-0.05, 0) is 40.7 Å². The van der Waals surface area contributed by atoms with Crippen molar-refractivity contribution in [2.24, 2.45) is 5.73 Å². The second-order valence-electron chi connectivity index (χ2n) is 5.63. The molecule has 0 amide bonds. The van der Waals surface area contributed by atoms with Crippen molar-refractivity contribution < 1.29 is 0 Å². The SMILES string of the molecule is NCc1ccc(Cc2ccccc2)c(Cc2ccccc2)c1. The maximum atomic E-state index is 5.81. The van der Waals surface area contributed by atoms with Crippen LogP contribution in [0.3, 0.4) is 0 Å². The van der Waals surface area contributed by atoms with Gasteiger partial charge < -0.3 is 5.73 Å². The highest BCUT2D eigenvalue weighted by Crippen LogP contribution is 2.20. The predicted octanol–water partition coefficient (Wildman–Crippen LogP) is 4.33. The minimum Gasteiger partial charge on any atom is -0.326 e. The topological polar surface area (TPSA) is 26.0 Å². The van der Waals surface area contributed by atoms with Crippen LogP contribution in [0.4, 0.5) is 0 Å². The summed E-state index contributed by atoms with van der Waals surface area (Å²) in [6.07, 6.45) is 1.92. The molecule has 0 saturated carbocycles. The molecule has 0 heterocycles. The van der Waals surface area contributed by atoms with E-state index in [4.69, 9.17) is 5.73 Å². The van der Waals surface area contributed by atoms with E-state index in [0.29, 0.717) is 6.54 Å². The van der Waals surface area contributed by atoms with Crippen LogP contribution in [0.5, 0.6) is 0 Å². The van der Waals surface area contributed by atoms with Crippen molar-refractivity contribution in [2.75, 3.05) is 0 Å². The molecule has 110 valence electrons. The molecule has 0 unspecified atom stereocenters.